The van der Waals surface area contributed by atoms with Gasteiger partial charge < -0.3 is 5.32 Å². The summed E-state index contributed by atoms with van der Waals surface area (Å²) in [4.78, 5) is 0. The summed E-state index contributed by atoms with van der Waals surface area (Å²) in [6.07, 6.45) is 0.955. The Kier molecular flexibility index (Phi) is 4.04. The fourth-order valence-corrected chi connectivity index (χ4v) is 0.361. The van der Waals surface area contributed by atoms with Crippen LogP contribution in [0.1, 0.15) is 13.3 Å². The topological polar surface area (TPSA) is 35.8 Å². The molecule has 0 aliphatic carbocycles. The Morgan fingerprint density at radius 1 is 1.71 bits per heavy atom. The highest BCUT2D eigenvalue weighted by atomic mass is 14.8. The maximum atomic E-state index is 7.04. The lowest BCUT2D eigenvalue weighted by molar-refractivity contribution is 0.614. The van der Waals surface area contributed by atoms with Gasteiger partial charge in [0.25, 0.3) is 0 Å². The first-order valence-electron chi connectivity index (χ1n) is 2.63. The average Bonchev–Trinajstić information content (AvgIpc) is 1.61. The van der Waals surface area contributed by atoms with Crippen LogP contribution in [0, 0.1) is 0 Å². The van der Waals surface area contributed by atoms with Crippen molar-refractivity contribution in [1.82, 2.24) is 11.1 Å². The van der Waals surface area contributed by atoms with E-state index in [2.05, 4.69) is 5.32 Å². The van der Waals surface area contributed by atoms with E-state index in [1.807, 2.05) is 14.0 Å². The minimum Gasteiger partial charge on any atom is -0.320 e. The SMILES string of the molecule is CNCCC(C)[NH]. The molecule has 2 N–H and O–H groups in total. The first kappa shape index (κ1) is 6.92. The van der Waals surface area contributed by atoms with Gasteiger partial charge >= 0.3 is 0 Å². The molecular formula is C5H13N2. The maximum Gasteiger partial charge on any atom is 0.0196 e. The minimum absolute atomic E-state index is 0.0902. The van der Waals surface area contributed by atoms with Crippen molar-refractivity contribution in [1.29, 1.82) is 0 Å². The van der Waals surface area contributed by atoms with Gasteiger partial charge in [-0.2, -0.15) is 0 Å². The summed E-state index contributed by atoms with van der Waals surface area (Å²) >= 11 is 0. The zero-order valence-corrected chi connectivity index (χ0v) is 4.99. The number of nitrogens with one attached hydrogen (secondary N) is 2. The predicted molar refractivity (Wildman–Crippen MR) is 31.1 cm³/mol. The van der Waals surface area contributed by atoms with Gasteiger partial charge in [-0.25, -0.2) is 0 Å². The normalized spacial score (nSPS) is 14.1. The quantitative estimate of drug-likeness (QED) is 0.544. The molecule has 0 spiro atoms. The van der Waals surface area contributed by atoms with Crippen molar-refractivity contribution in [2.75, 3.05) is 13.6 Å². The molecule has 2 heteroatoms. The fraction of sp³-hybridized carbons (Fsp3) is 1.00. The van der Waals surface area contributed by atoms with Crippen molar-refractivity contribution in [3.63, 3.8) is 0 Å². The standard InChI is InChI=1S/C5H13N2/c1-5(6)3-4-7-2/h5-7H,3-4H2,1-2H3. The lowest BCUT2D eigenvalue weighted by Gasteiger charge is -1.99. The molecule has 1 radical (unpaired) electrons. The molecular weight excluding hydrogens is 88.1 g/mol. The first-order chi connectivity index (χ1) is 3.27. The number of hydrogen-bond donors (Lipinski definition) is 1. The Bertz CT molecular complexity index is 35.1. The fourth-order valence-electron chi connectivity index (χ4n) is 0.361. The van der Waals surface area contributed by atoms with Crippen molar-refractivity contribution < 1.29 is 0 Å². The van der Waals surface area contributed by atoms with Crippen LogP contribution in [-0.4, -0.2) is 19.6 Å². The van der Waals surface area contributed by atoms with E-state index >= 15 is 0 Å². The molecule has 0 aliphatic rings. The molecule has 0 aromatic rings. The molecule has 43 valence electrons. The smallest absolute Gasteiger partial charge is 0.0196 e. The van der Waals surface area contributed by atoms with Crippen LogP contribution in [0.3, 0.4) is 0 Å². The van der Waals surface area contributed by atoms with Crippen molar-refractivity contribution in [2.45, 2.75) is 19.4 Å². The van der Waals surface area contributed by atoms with Gasteiger partial charge in [0.15, 0.2) is 0 Å². The van der Waals surface area contributed by atoms with Crippen molar-refractivity contribution in [3.05, 3.63) is 0 Å². The second-order valence-electron chi connectivity index (χ2n) is 1.79. The number of rotatable bonds is 3. The van der Waals surface area contributed by atoms with Crippen molar-refractivity contribution in [2.24, 2.45) is 0 Å². The lowest BCUT2D eigenvalue weighted by Crippen LogP contribution is -2.14. The van der Waals surface area contributed by atoms with Gasteiger partial charge in [0, 0.05) is 6.04 Å². The van der Waals surface area contributed by atoms with E-state index in [-0.39, 0.29) is 6.04 Å². The van der Waals surface area contributed by atoms with Gasteiger partial charge in [-0.1, -0.05) is 0 Å². The highest BCUT2D eigenvalue weighted by molar-refractivity contribution is 4.51. The van der Waals surface area contributed by atoms with E-state index in [4.69, 9.17) is 5.73 Å². The molecule has 0 bridgehead atoms. The second-order valence-corrected chi connectivity index (χ2v) is 1.79. The van der Waals surface area contributed by atoms with E-state index in [0.717, 1.165) is 13.0 Å². The van der Waals surface area contributed by atoms with Gasteiger partial charge in [0.2, 0.25) is 0 Å². The second kappa shape index (κ2) is 4.09. The first-order valence-corrected chi connectivity index (χ1v) is 2.63. The van der Waals surface area contributed by atoms with E-state index < -0.39 is 0 Å². The predicted octanol–water partition coefficient (Wildman–Crippen LogP) is 0.267. The minimum atomic E-state index is 0.0902. The zero-order chi connectivity index (χ0) is 5.70. The van der Waals surface area contributed by atoms with E-state index in [1.165, 1.54) is 0 Å². The van der Waals surface area contributed by atoms with Crippen LogP contribution in [0.4, 0.5) is 0 Å². The molecule has 1 atom stereocenters. The molecule has 0 saturated carbocycles. The Morgan fingerprint density at radius 3 is 2.43 bits per heavy atom. The maximum absolute atomic E-state index is 7.04. The van der Waals surface area contributed by atoms with Crippen LogP contribution >= 0.6 is 0 Å². The van der Waals surface area contributed by atoms with Crippen LogP contribution < -0.4 is 11.1 Å². The Labute approximate surface area is 45.1 Å². The number of hydrogen-bond acceptors (Lipinski definition) is 1. The summed E-state index contributed by atoms with van der Waals surface area (Å²) in [5.41, 5.74) is 7.04. The molecule has 0 aromatic heterocycles. The molecule has 2 nitrogen and oxygen atoms in total. The summed E-state index contributed by atoms with van der Waals surface area (Å²) in [5, 5.41) is 2.98. The van der Waals surface area contributed by atoms with E-state index in [9.17, 15) is 0 Å². The molecule has 0 aromatic carbocycles. The van der Waals surface area contributed by atoms with Crippen LogP contribution in [0.5, 0.6) is 0 Å². The third-order valence-corrected chi connectivity index (χ3v) is 0.827. The molecule has 0 heterocycles. The molecule has 0 aliphatic heterocycles. The van der Waals surface area contributed by atoms with E-state index in [1.54, 1.807) is 0 Å². The third-order valence-electron chi connectivity index (χ3n) is 0.827. The largest absolute Gasteiger partial charge is 0.320 e. The van der Waals surface area contributed by atoms with Crippen LogP contribution in [0.15, 0.2) is 0 Å². The monoisotopic (exact) mass is 101 g/mol. The van der Waals surface area contributed by atoms with Crippen molar-refractivity contribution >= 4 is 0 Å². The lowest BCUT2D eigenvalue weighted by atomic mass is 10.2. The molecule has 1 unspecified atom stereocenters. The van der Waals surface area contributed by atoms with Gasteiger partial charge in [0.1, 0.15) is 0 Å². The van der Waals surface area contributed by atoms with Crippen LogP contribution in [-0.2, 0) is 0 Å². The Balaban J connectivity index is 2.68. The van der Waals surface area contributed by atoms with Crippen LogP contribution in [0.2, 0.25) is 0 Å². The molecule has 7 heavy (non-hydrogen) atoms. The summed E-state index contributed by atoms with van der Waals surface area (Å²) in [6, 6.07) is 0.0902. The summed E-state index contributed by atoms with van der Waals surface area (Å²) in [6.45, 7) is 2.86. The highest BCUT2D eigenvalue weighted by Crippen LogP contribution is 1.82. The average molecular weight is 101 g/mol. The molecule has 0 rings (SSSR count). The van der Waals surface area contributed by atoms with Gasteiger partial charge in [-0.3, -0.25) is 5.73 Å². The van der Waals surface area contributed by atoms with Crippen LogP contribution in [0.25, 0.3) is 0 Å². The summed E-state index contributed by atoms with van der Waals surface area (Å²) in [7, 11) is 1.91. The molecule has 0 fully saturated rings. The summed E-state index contributed by atoms with van der Waals surface area (Å²) in [5.74, 6) is 0. The molecule has 0 amide bonds. The summed E-state index contributed by atoms with van der Waals surface area (Å²) < 4.78 is 0. The highest BCUT2D eigenvalue weighted by Gasteiger charge is 1.89. The van der Waals surface area contributed by atoms with Crippen molar-refractivity contribution in [3.8, 4) is 0 Å². The van der Waals surface area contributed by atoms with Gasteiger partial charge in [-0.15, -0.1) is 0 Å². The molecule has 0 saturated heterocycles. The Hall–Kier alpha value is -0.0800. The van der Waals surface area contributed by atoms with Gasteiger partial charge in [0.05, 0.1) is 0 Å². The van der Waals surface area contributed by atoms with Gasteiger partial charge in [-0.05, 0) is 26.9 Å². The Morgan fingerprint density at radius 2 is 2.29 bits per heavy atom. The third kappa shape index (κ3) is 5.92. The zero-order valence-electron chi connectivity index (χ0n) is 4.99. The van der Waals surface area contributed by atoms with E-state index in [0.29, 0.717) is 0 Å².